The van der Waals surface area contributed by atoms with Gasteiger partial charge < -0.3 is 4.43 Å². The van der Waals surface area contributed by atoms with Gasteiger partial charge in [-0.25, -0.2) is 0 Å². The van der Waals surface area contributed by atoms with Crippen LogP contribution in [-0.2, 0) is 4.43 Å². The van der Waals surface area contributed by atoms with E-state index in [2.05, 4.69) is 31.8 Å². The van der Waals surface area contributed by atoms with Crippen LogP contribution in [0.1, 0.15) is 6.92 Å². The van der Waals surface area contributed by atoms with Gasteiger partial charge in [-0.05, 0) is 26.6 Å². The monoisotopic (exact) mass is 180 g/mol. The second kappa shape index (κ2) is 3.31. The normalized spacial score (nSPS) is 15.5. The zero-order chi connectivity index (χ0) is 9.19. The van der Waals surface area contributed by atoms with E-state index in [9.17, 15) is 0 Å². The average molecular weight is 180 g/mol. The van der Waals surface area contributed by atoms with Crippen LogP contribution in [0.15, 0.2) is 35.6 Å². The second-order valence-electron chi connectivity index (χ2n) is 3.94. The summed E-state index contributed by atoms with van der Waals surface area (Å²) >= 11 is 0. The summed E-state index contributed by atoms with van der Waals surface area (Å²) in [6.45, 7) is 8.62. The van der Waals surface area contributed by atoms with Gasteiger partial charge in [-0.2, -0.15) is 0 Å². The van der Waals surface area contributed by atoms with E-state index in [-0.39, 0.29) is 0 Å². The Hall–Kier alpha value is -0.763. The first-order valence-corrected chi connectivity index (χ1v) is 7.64. The maximum Gasteiger partial charge on any atom is 0.241 e. The van der Waals surface area contributed by atoms with Crippen LogP contribution in [0, 0.1) is 0 Å². The first-order chi connectivity index (χ1) is 5.49. The van der Waals surface area contributed by atoms with E-state index in [1.54, 1.807) is 0 Å². The molecule has 0 atom stereocenters. The van der Waals surface area contributed by atoms with Crippen molar-refractivity contribution in [1.82, 2.24) is 0 Å². The summed E-state index contributed by atoms with van der Waals surface area (Å²) < 4.78 is 5.84. The first-order valence-electron chi connectivity index (χ1n) is 4.24. The highest BCUT2D eigenvalue weighted by atomic mass is 28.4. The molecular weight excluding hydrogens is 164 g/mol. The lowest BCUT2D eigenvalue weighted by atomic mass is 10.3. The van der Waals surface area contributed by atoms with E-state index >= 15 is 0 Å². The lowest BCUT2D eigenvalue weighted by molar-refractivity contribution is 0.421. The molecule has 0 fully saturated rings. The van der Waals surface area contributed by atoms with Crippen molar-refractivity contribution in [2.75, 3.05) is 0 Å². The van der Waals surface area contributed by atoms with Crippen LogP contribution < -0.4 is 0 Å². The lowest BCUT2D eigenvalue weighted by Crippen LogP contribution is -2.24. The average Bonchev–Trinajstić information content (AvgIpc) is 2.32. The molecule has 2 heteroatoms. The quantitative estimate of drug-likeness (QED) is 0.468. The van der Waals surface area contributed by atoms with Crippen molar-refractivity contribution in [3.8, 4) is 0 Å². The number of allylic oxidation sites excluding steroid dienone is 6. The van der Waals surface area contributed by atoms with Crippen LogP contribution in [0.4, 0.5) is 0 Å². The standard InChI is InChI=1S/C10H16OSi/c1-9(11-12(2,3)4)10-7-5-6-8-10/h5-8H,1-4H3. The van der Waals surface area contributed by atoms with Gasteiger partial charge in [0.05, 0.1) is 5.76 Å². The topological polar surface area (TPSA) is 9.23 Å². The zero-order valence-electron chi connectivity index (χ0n) is 8.22. The molecule has 1 rings (SSSR count). The minimum absolute atomic E-state index is 1.05. The van der Waals surface area contributed by atoms with Crippen LogP contribution in [0.25, 0.3) is 0 Å². The van der Waals surface area contributed by atoms with Crippen molar-refractivity contribution < 1.29 is 4.43 Å². The minimum Gasteiger partial charge on any atom is -0.547 e. The van der Waals surface area contributed by atoms with E-state index in [4.69, 9.17) is 4.43 Å². The van der Waals surface area contributed by atoms with E-state index in [0.29, 0.717) is 0 Å². The Morgan fingerprint density at radius 3 is 2.08 bits per heavy atom. The van der Waals surface area contributed by atoms with Gasteiger partial charge in [-0.3, -0.25) is 0 Å². The summed E-state index contributed by atoms with van der Waals surface area (Å²) in [5.41, 5.74) is 1.21. The van der Waals surface area contributed by atoms with Crippen LogP contribution in [0.5, 0.6) is 0 Å². The molecule has 1 nitrogen and oxygen atoms in total. The molecule has 0 bridgehead atoms. The third-order valence-corrected chi connectivity index (χ3v) is 2.45. The summed E-state index contributed by atoms with van der Waals surface area (Å²) in [5.74, 6) is 1.05. The molecule has 0 aromatic carbocycles. The predicted octanol–water partition coefficient (Wildman–Crippen LogP) is 3.24. The largest absolute Gasteiger partial charge is 0.547 e. The number of hydrogen-bond donors (Lipinski definition) is 0. The van der Waals surface area contributed by atoms with Crippen LogP contribution in [-0.4, -0.2) is 8.32 Å². The fraction of sp³-hybridized carbons (Fsp3) is 0.400. The molecule has 0 amide bonds. The Morgan fingerprint density at radius 1 is 1.17 bits per heavy atom. The minimum atomic E-state index is -1.41. The molecule has 0 saturated heterocycles. The van der Waals surface area contributed by atoms with Crippen molar-refractivity contribution in [3.05, 3.63) is 35.6 Å². The molecule has 0 aliphatic heterocycles. The molecule has 0 N–H and O–H groups in total. The molecule has 12 heavy (non-hydrogen) atoms. The Kier molecular flexibility index (Phi) is 2.57. The van der Waals surface area contributed by atoms with Crippen molar-refractivity contribution in [1.29, 1.82) is 0 Å². The molecule has 0 radical (unpaired) electrons. The van der Waals surface area contributed by atoms with E-state index in [1.807, 2.05) is 19.1 Å². The van der Waals surface area contributed by atoms with Gasteiger partial charge in [0.15, 0.2) is 0 Å². The molecule has 0 aromatic rings. The smallest absolute Gasteiger partial charge is 0.241 e. The molecule has 0 saturated carbocycles. The van der Waals surface area contributed by atoms with E-state index in [0.717, 1.165) is 5.76 Å². The maximum absolute atomic E-state index is 5.84. The van der Waals surface area contributed by atoms with Crippen LogP contribution in [0.3, 0.4) is 0 Å². The fourth-order valence-corrected chi connectivity index (χ4v) is 2.16. The molecule has 66 valence electrons. The molecule has 0 spiro atoms. The Morgan fingerprint density at radius 2 is 1.67 bits per heavy atom. The fourth-order valence-electron chi connectivity index (χ4n) is 1.13. The van der Waals surface area contributed by atoms with E-state index < -0.39 is 8.32 Å². The summed E-state index contributed by atoms with van der Waals surface area (Å²) in [4.78, 5) is 0. The van der Waals surface area contributed by atoms with Crippen LogP contribution >= 0.6 is 0 Å². The highest BCUT2D eigenvalue weighted by Crippen LogP contribution is 2.18. The van der Waals surface area contributed by atoms with Crippen molar-refractivity contribution >= 4 is 8.32 Å². The molecule has 1 aliphatic rings. The summed E-state index contributed by atoms with van der Waals surface area (Å²) in [7, 11) is -1.41. The molecule has 0 aromatic heterocycles. The molecule has 0 unspecified atom stereocenters. The molecule has 1 aliphatic carbocycles. The van der Waals surface area contributed by atoms with Crippen molar-refractivity contribution in [2.24, 2.45) is 0 Å². The van der Waals surface area contributed by atoms with Gasteiger partial charge in [-0.1, -0.05) is 24.3 Å². The maximum atomic E-state index is 5.84. The number of hydrogen-bond acceptors (Lipinski definition) is 1. The van der Waals surface area contributed by atoms with Gasteiger partial charge in [0.1, 0.15) is 0 Å². The van der Waals surface area contributed by atoms with Gasteiger partial charge >= 0.3 is 0 Å². The number of rotatable bonds is 2. The Labute approximate surface area is 75.6 Å². The molecule has 0 heterocycles. The third kappa shape index (κ3) is 2.70. The highest BCUT2D eigenvalue weighted by molar-refractivity contribution is 6.70. The Balaban J connectivity index is 2.71. The van der Waals surface area contributed by atoms with Crippen LogP contribution in [0.2, 0.25) is 19.6 Å². The van der Waals surface area contributed by atoms with Gasteiger partial charge in [0.2, 0.25) is 8.32 Å². The predicted molar refractivity (Wildman–Crippen MR) is 55.4 cm³/mol. The summed E-state index contributed by atoms with van der Waals surface area (Å²) in [5, 5.41) is 0. The van der Waals surface area contributed by atoms with E-state index in [1.165, 1.54) is 5.57 Å². The molecular formula is C10H16OSi. The van der Waals surface area contributed by atoms with Crippen molar-refractivity contribution in [2.45, 2.75) is 26.6 Å². The first kappa shape index (κ1) is 9.33. The highest BCUT2D eigenvalue weighted by Gasteiger charge is 2.16. The SMILES string of the molecule is CC(O[Si](C)(C)C)=C1C=CC=C1. The Bertz CT molecular complexity index is 240. The van der Waals surface area contributed by atoms with Gasteiger partial charge in [0.25, 0.3) is 0 Å². The lowest BCUT2D eigenvalue weighted by Gasteiger charge is -2.20. The van der Waals surface area contributed by atoms with Gasteiger partial charge in [-0.15, -0.1) is 0 Å². The third-order valence-electron chi connectivity index (χ3n) is 1.53. The zero-order valence-corrected chi connectivity index (χ0v) is 9.22. The van der Waals surface area contributed by atoms with Crippen molar-refractivity contribution in [3.63, 3.8) is 0 Å². The summed E-state index contributed by atoms with van der Waals surface area (Å²) in [6, 6.07) is 0. The van der Waals surface area contributed by atoms with Gasteiger partial charge in [0, 0.05) is 5.57 Å². The second-order valence-corrected chi connectivity index (χ2v) is 8.37. The summed E-state index contributed by atoms with van der Waals surface area (Å²) in [6.07, 6.45) is 8.23.